The second-order valence-corrected chi connectivity index (χ2v) is 5.48. The lowest BCUT2D eigenvalue weighted by Gasteiger charge is -2.06. The van der Waals surface area contributed by atoms with E-state index in [2.05, 4.69) is 20.9 Å². The van der Waals surface area contributed by atoms with Gasteiger partial charge in [-0.15, -0.1) is 0 Å². The molecule has 0 aliphatic rings. The van der Waals surface area contributed by atoms with E-state index < -0.39 is 0 Å². The Kier molecular flexibility index (Phi) is 2.74. The van der Waals surface area contributed by atoms with Gasteiger partial charge in [0.25, 0.3) is 0 Å². The van der Waals surface area contributed by atoms with Crippen LogP contribution in [-0.2, 0) is 0 Å². The van der Waals surface area contributed by atoms with Crippen LogP contribution in [0.15, 0.2) is 40.9 Å². The first-order chi connectivity index (χ1) is 8.15. The summed E-state index contributed by atoms with van der Waals surface area (Å²) in [6.45, 7) is 0. The molecule has 3 aromatic rings. The molecule has 0 spiro atoms. The standard InChI is InChI=1S/C13H6BrCl2N/c14-7-1-4-11-10(5-7)13(16)9-3-2-8(15)6-12(9)17-11/h1-6H. The molecule has 1 heterocycles. The summed E-state index contributed by atoms with van der Waals surface area (Å²) >= 11 is 15.8. The van der Waals surface area contributed by atoms with E-state index in [4.69, 9.17) is 23.2 Å². The van der Waals surface area contributed by atoms with Crippen molar-refractivity contribution in [3.05, 3.63) is 50.9 Å². The zero-order valence-corrected chi connectivity index (χ0v) is 11.6. The van der Waals surface area contributed by atoms with Gasteiger partial charge in [0, 0.05) is 20.3 Å². The largest absolute Gasteiger partial charge is 0.248 e. The Morgan fingerprint density at radius 1 is 0.882 bits per heavy atom. The zero-order chi connectivity index (χ0) is 12.0. The minimum absolute atomic E-state index is 0.664. The average Bonchev–Trinajstić information content (AvgIpc) is 2.30. The first-order valence-corrected chi connectivity index (χ1v) is 6.54. The fourth-order valence-electron chi connectivity index (χ4n) is 1.84. The normalized spacial score (nSPS) is 11.2. The van der Waals surface area contributed by atoms with Crippen LogP contribution in [0.5, 0.6) is 0 Å². The fraction of sp³-hybridized carbons (Fsp3) is 0. The van der Waals surface area contributed by atoms with E-state index in [9.17, 15) is 0 Å². The third-order valence-corrected chi connectivity index (χ3v) is 3.77. The molecule has 0 saturated carbocycles. The summed E-state index contributed by atoms with van der Waals surface area (Å²) in [7, 11) is 0. The first kappa shape index (κ1) is 11.3. The van der Waals surface area contributed by atoms with Crippen molar-refractivity contribution in [1.82, 2.24) is 4.98 Å². The van der Waals surface area contributed by atoms with Crippen molar-refractivity contribution in [2.75, 3.05) is 0 Å². The van der Waals surface area contributed by atoms with Gasteiger partial charge in [-0.3, -0.25) is 0 Å². The summed E-state index contributed by atoms with van der Waals surface area (Å²) in [4.78, 5) is 4.55. The summed E-state index contributed by atoms with van der Waals surface area (Å²) in [5.74, 6) is 0. The van der Waals surface area contributed by atoms with Gasteiger partial charge in [0.15, 0.2) is 0 Å². The Hall–Kier alpha value is -0.830. The summed E-state index contributed by atoms with van der Waals surface area (Å²) < 4.78 is 0.988. The molecule has 17 heavy (non-hydrogen) atoms. The lowest BCUT2D eigenvalue weighted by atomic mass is 10.1. The van der Waals surface area contributed by atoms with Crippen LogP contribution in [-0.4, -0.2) is 4.98 Å². The summed E-state index contributed by atoms with van der Waals surface area (Å²) in [6.07, 6.45) is 0. The second kappa shape index (κ2) is 4.13. The number of halogens is 3. The molecule has 3 rings (SSSR count). The summed E-state index contributed by atoms with van der Waals surface area (Å²) in [6, 6.07) is 11.4. The Morgan fingerprint density at radius 2 is 1.71 bits per heavy atom. The molecule has 0 atom stereocenters. The third kappa shape index (κ3) is 1.90. The minimum Gasteiger partial charge on any atom is -0.248 e. The molecule has 0 aliphatic heterocycles. The van der Waals surface area contributed by atoms with E-state index >= 15 is 0 Å². The van der Waals surface area contributed by atoms with Crippen molar-refractivity contribution >= 4 is 60.9 Å². The molecule has 84 valence electrons. The maximum absolute atomic E-state index is 6.39. The molecule has 0 saturated heterocycles. The van der Waals surface area contributed by atoms with E-state index in [1.54, 1.807) is 0 Å². The predicted molar refractivity (Wildman–Crippen MR) is 77.0 cm³/mol. The third-order valence-electron chi connectivity index (χ3n) is 2.63. The summed E-state index contributed by atoms with van der Waals surface area (Å²) in [5, 5.41) is 3.23. The van der Waals surface area contributed by atoms with Crippen LogP contribution in [0.25, 0.3) is 21.8 Å². The van der Waals surface area contributed by atoms with Gasteiger partial charge in [-0.2, -0.15) is 0 Å². The topological polar surface area (TPSA) is 12.9 Å². The molecular weight excluding hydrogens is 321 g/mol. The van der Waals surface area contributed by atoms with Crippen LogP contribution in [0.2, 0.25) is 10.0 Å². The summed E-state index contributed by atoms with van der Waals surface area (Å²) in [5.41, 5.74) is 1.69. The van der Waals surface area contributed by atoms with Gasteiger partial charge in [0.2, 0.25) is 0 Å². The Morgan fingerprint density at radius 3 is 2.53 bits per heavy atom. The van der Waals surface area contributed by atoms with E-state index in [0.717, 1.165) is 26.3 Å². The highest BCUT2D eigenvalue weighted by Gasteiger charge is 2.07. The monoisotopic (exact) mass is 325 g/mol. The predicted octanol–water partition coefficient (Wildman–Crippen LogP) is 5.46. The molecule has 0 unspecified atom stereocenters. The van der Waals surface area contributed by atoms with Crippen molar-refractivity contribution in [2.45, 2.75) is 0 Å². The van der Waals surface area contributed by atoms with Gasteiger partial charge in [-0.1, -0.05) is 39.1 Å². The van der Waals surface area contributed by atoms with Crippen molar-refractivity contribution < 1.29 is 0 Å². The molecule has 0 radical (unpaired) electrons. The maximum atomic E-state index is 6.39. The lowest BCUT2D eigenvalue weighted by molar-refractivity contribution is 1.49. The molecule has 0 amide bonds. The number of rotatable bonds is 0. The quantitative estimate of drug-likeness (QED) is 0.500. The van der Waals surface area contributed by atoms with Crippen LogP contribution in [0.4, 0.5) is 0 Å². The molecule has 4 heteroatoms. The highest BCUT2D eigenvalue weighted by molar-refractivity contribution is 9.10. The number of nitrogens with zero attached hydrogens (tertiary/aromatic N) is 1. The second-order valence-electron chi connectivity index (χ2n) is 3.75. The molecule has 2 aromatic carbocycles. The van der Waals surface area contributed by atoms with Crippen molar-refractivity contribution in [3.8, 4) is 0 Å². The lowest BCUT2D eigenvalue weighted by Crippen LogP contribution is -1.85. The Bertz CT molecular complexity index is 740. The molecule has 0 N–H and O–H groups in total. The van der Waals surface area contributed by atoms with Crippen LogP contribution in [0.1, 0.15) is 0 Å². The van der Waals surface area contributed by atoms with E-state index in [0.29, 0.717) is 10.0 Å². The van der Waals surface area contributed by atoms with Gasteiger partial charge in [-0.25, -0.2) is 4.98 Å². The molecule has 0 bridgehead atoms. The van der Waals surface area contributed by atoms with Crippen molar-refractivity contribution in [2.24, 2.45) is 0 Å². The smallest absolute Gasteiger partial charge is 0.0739 e. The van der Waals surface area contributed by atoms with Gasteiger partial charge in [0.05, 0.1) is 16.1 Å². The Labute approximate surface area is 116 Å². The Balaban J connectivity index is 2.52. The molecule has 1 aromatic heterocycles. The first-order valence-electron chi connectivity index (χ1n) is 4.99. The van der Waals surface area contributed by atoms with Gasteiger partial charge in [-0.05, 0) is 36.4 Å². The van der Waals surface area contributed by atoms with E-state index in [1.807, 2.05) is 36.4 Å². The highest BCUT2D eigenvalue weighted by Crippen LogP contribution is 2.32. The van der Waals surface area contributed by atoms with E-state index in [1.165, 1.54) is 0 Å². The van der Waals surface area contributed by atoms with Crippen molar-refractivity contribution in [3.63, 3.8) is 0 Å². The van der Waals surface area contributed by atoms with Crippen LogP contribution >= 0.6 is 39.1 Å². The number of hydrogen-bond donors (Lipinski definition) is 0. The average molecular weight is 327 g/mol. The maximum Gasteiger partial charge on any atom is 0.0739 e. The van der Waals surface area contributed by atoms with E-state index in [-0.39, 0.29) is 0 Å². The molecule has 0 fully saturated rings. The number of fused-ring (bicyclic) bond motifs is 2. The van der Waals surface area contributed by atoms with Gasteiger partial charge in [0.1, 0.15) is 0 Å². The zero-order valence-electron chi connectivity index (χ0n) is 8.55. The number of pyridine rings is 1. The number of aromatic nitrogens is 1. The number of benzene rings is 2. The van der Waals surface area contributed by atoms with Gasteiger partial charge >= 0.3 is 0 Å². The van der Waals surface area contributed by atoms with Gasteiger partial charge < -0.3 is 0 Å². The molecular formula is C13H6BrCl2N. The van der Waals surface area contributed by atoms with Crippen LogP contribution < -0.4 is 0 Å². The molecule has 1 nitrogen and oxygen atoms in total. The minimum atomic E-state index is 0.664. The van der Waals surface area contributed by atoms with Crippen LogP contribution in [0.3, 0.4) is 0 Å². The van der Waals surface area contributed by atoms with Crippen LogP contribution in [0, 0.1) is 0 Å². The number of hydrogen-bond acceptors (Lipinski definition) is 1. The fourth-order valence-corrected chi connectivity index (χ4v) is 2.68. The van der Waals surface area contributed by atoms with Crippen molar-refractivity contribution in [1.29, 1.82) is 0 Å². The SMILES string of the molecule is Clc1ccc2c(Cl)c3cc(Br)ccc3nc2c1. The highest BCUT2D eigenvalue weighted by atomic mass is 79.9. The molecule has 0 aliphatic carbocycles.